The van der Waals surface area contributed by atoms with E-state index in [1.807, 2.05) is 24.3 Å². The molecule has 1 aliphatic carbocycles. The first kappa shape index (κ1) is 19.8. The van der Waals surface area contributed by atoms with Crippen molar-refractivity contribution in [1.82, 2.24) is 9.97 Å². The highest BCUT2D eigenvalue weighted by atomic mass is 35.5. The topological polar surface area (TPSA) is 76.5 Å². The summed E-state index contributed by atoms with van der Waals surface area (Å²) >= 11 is 12.3. The second-order valence-corrected chi connectivity index (χ2v) is 7.50. The van der Waals surface area contributed by atoms with E-state index in [2.05, 4.69) is 15.3 Å². The monoisotopic (exact) mass is 431 g/mol. The Morgan fingerprint density at radius 2 is 1.79 bits per heavy atom. The minimum absolute atomic E-state index is 0.267. The van der Waals surface area contributed by atoms with E-state index in [4.69, 9.17) is 32.7 Å². The maximum atomic E-state index is 10.5. The lowest BCUT2D eigenvalue weighted by Gasteiger charge is -2.21. The van der Waals surface area contributed by atoms with Gasteiger partial charge in [0.25, 0.3) is 5.88 Å². The average molecular weight is 432 g/mol. The third-order valence-electron chi connectivity index (χ3n) is 4.90. The zero-order valence-corrected chi connectivity index (χ0v) is 17.3. The van der Waals surface area contributed by atoms with Gasteiger partial charge in [0.1, 0.15) is 5.69 Å². The first-order chi connectivity index (χ1) is 14.0. The Balaban J connectivity index is 1.76. The largest absolute Gasteiger partial charge is 0.479 e. The molecule has 0 saturated heterocycles. The van der Waals surface area contributed by atoms with Crippen LogP contribution >= 0.6 is 23.2 Å². The van der Waals surface area contributed by atoms with E-state index in [0.717, 1.165) is 11.1 Å². The molecule has 8 heteroatoms. The molecule has 1 aliphatic rings. The van der Waals surface area contributed by atoms with E-state index in [1.54, 1.807) is 18.2 Å². The van der Waals surface area contributed by atoms with Crippen LogP contribution in [0.3, 0.4) is 0 Å². The molecule has 29 heavy (non-hydrogen) atoms. The molecule has 3 aromatic rings. The van der Waals surface area contributed by atoms with E-state index >= 15 is 0 Å². The number of methoxy groups -OCH3 is 2. The molecular formula is C21H19Cl2N3O3. The van der Waals surface area contributed by atoms with Crippen molar-refractivity contribution in [3.8, 4) is 23.0 Å². The van der Waals surface area contributed by atoms with Gasteiger partial charge in [0.05, 0.1) is 31.4 Å². The Morgan fingerprint density at radius 1 is 1.03 bits per heavy atom. The molecule has 2 N–H and O–H groups in total. The zero-order valence-electron chi connectivity index (χ0n) is 15.8. The molecule has 0 aliphatic heterocycles. The SMILES string of the molecule is COc1nc(-c2ccc(Cl)cc2Cl)c(OC)nc1N[C@@H]1c2ccccc2C[C@@H]1O. The van der Waals surface area contributed by atoms with Gasteiger partial charge in [0.15, 0.2) is 5.82 Å². The van der Waals surface area contributed by atoms with E-state index in [-0.39, 0.29) is 17.8 Å². The maximum absolute atomic E-state index is 10.5. The number of aliphatic hydroxyl groups is 1. The molecule has 6 nitrogen and oxygen atoms in total. The van der Waals surface area contributed by atoms with Gasteiger partial charge in [-0.1, -0.05) is 47.5 Å². The van der Waals surface area contributed by atoms with Crippen LogP contribution in [0.2, 0.25) is 10.0 Å². The van der Waals surface area contributed by atoms with Crippen molar-refractivity contribution >= 4 is 29.0 Å². The minimum atomic E-state index is -0.588. The number of hydrogen-bond acceptors (Lipinski definition) is 6. The van der Waals surface area contributed by atoms with E-state index in [1.165, 1.54) is 14.2 Å². The number of ether oxygens (including phenoxy) is 2. The van der Waals surface area contributed by atoms with Crippen LogP contribution in [0.4, 0.5) is 5.82 Å². The summed E-state index contributed by atoms with van der Waals surface area (Å²) in [5.41, 5.74) is 3.18. The molecule has 2 aromatic carbocycles. The van der Waals surface area contributed by atoms with Crippen LogP contribution < -0.4 is 14.8 Å². The molecule has 150 valence electrons. The number of fused-ring (bicyclic) bond motifs is 1. The fourth-order valence-corrected chi connectivity index (χ4v) is 4.03. The molecule has 0 unspecified atom stereocenters. The molecule has 0 radical (unpaired) electrons. The molecule has 2 atom stereocenters. The van der Waals surface area contributed by atoms with Crippen molar-refractivity contribution in [1.29, 1.82) is 0 Å². The summed E-state index contributed by atoms with van der Waals surface area (Å²) in [5, 5.41) is 14.7. The number of hydrogen-bond donors (Lipinski definition) is 2. The summed E-state index contributed by atoms with van der Waals surface area (Å²) < 4.78 is 10.9. The third kappa shape index (κ3) is 3.71. The summed E-state index contributed by atoms with van der Waals surface area (Å²) in [6.45, 7) is 0. The molecular weight excluding hydrogens is 413 g/mol. The van der Waals surface area contributed by atoms with Crippen molar-refractivity contribution in [3.63, 3.8) is 0 Å². The summed E-state index contributed by atoms with van der Waals surface area (Å²) in [6.07, 6.45) is -0.0191. The van der Waals surface area contributed by atoms with Gasteiger partial charge in [-0.2, -0.15) is 4.98 Å². The quantitative estimate of drug-likeness (QED) is 0.617. The Labute approximate surface area is 178 Å². The predicted molar refractivity (Wildman–Crippen MR) is 113 cm³/mol. The lowest BCUT2D eigenvalue weighted by molar-refractivity contribution is 0.165. The standard InChI is InChI=1S/C21H19Cl2N3O3/c1-28-20-18(14-8-7-12(22)10-15(14)23)25-21(29-2)19(26-20)24-17-13-6-4-3-5-11(13)9-16(17)27/h3-8,10,16-17,27H,9H2,1-2H3,(H,24,26)/t16-,17+/m0/s1. The highest BCUT2D eigenvalue weighted by molar-refractivity contribution is 6.36. The molecule has 0 amide bonds. The number of rotatable bonds is 5. The fraction of sp³-hybridized carbons (Fsp3) is 0.238. The number of aliphatic hydroxyl groups excluding tert-OH is 1. The van der Waals surface area contributed by atoms with Crippen LogP contribution in [0.25, 0.3) is 11.3 Å². The number of nitrogens with zero attached hydrogens (tertiary/aromatic N) is 2. The van der Waals surface area contributed by atoms with Crippen LogP contribution in [0.15, 0.2) is 42.5 Å². The van der Waals surface area contributed by atoms with Gasteiger partial charge in [-0.05, 0) is 29.3 Å². The molecule has 0 bridgehead atoms. The summed E-state index contributed by atoms with van der Waals surface area (Å²) in [6, 6.07) is 12.7. The van der Waals surface area contributed by atoms with Gasteiger partial charge in [0, 0.05) is 17.0 Å². The normalized spacial score (nSPS) is 17.7. The van der Waals surface area contributed by atoms with Gasteiger partial charge in [-0.25, -0.2) is 4.98 Å². The molecule has 0 fully saturated rings. The zero-order chi connectivity index (χ0) is 20.5. The van der Waals surface area contributed by atoms with Crippen LogP contribution in [-0.4, -0.2) is 35.4 Å². The molecule has 0 spiro atoms. The molecule has 0 saturated carbocycles. The molecule has 1 heterocycles. The molecule has 1 aromatic heterocycles. The van der Waals surface area contributed by atoms with Crippen molar-refractivity contribution in [2.75, 3.05) is 19.5 Å². The number of anilines is 1. The summed E-state index contributed by atoms with van der Waals surface area (Å²) in [5.74, 6) is 0.917. The van der Waals surface area contributed by atoms with Crippen LogP contribution in [-0.2, 0) is 6.42 Å². The van der Waals surface area contributed by atoms with Crippen molar-refractivity contribution in [2.45, 2.75) is 18.6 Å². The summed E-state index contributed by atoms with van der Waals surface area (Å²) in [7, 11) is 3.02. The highest BCUT2D eigenvalue weighted by Crippen LogP contribution is 2.40. The first-order valence-corrected chi connectivity index (χ1v) is 9.75. The first-order valence-electron chi connectivity index (χ1n) is 8.99. The Kier molecular flexibility index (Phi) is 5.50. The van der Waals surface area contributed by atoms with Crippen LogP contribution in [0, 0.1) is 0 Å². The van der Waals surface area contributed by atoms with Gasteiger partial charge in [-0.3, -0.25) is 0 Å². The lowest BCUT2D eigenvalue weighted by atomic mass is 10.1. The average Bonchev–Trinajstić information content (AvgIpc) is 3.03. The molecule has 4 rings (SSSR count). The van der Waals surface area contributed by atoms with Crippen molar-refractivity contribution in [2.24, 2.45) is 0 Å². The van der Waals surface area contributed by atoms with E-state index in [9.17, 15) is 5.11 Å². The minimum Gasteiger partial charge on any atom is -0.479 e. The predicted octanol–water partition coefficient (Wildman–Crippen LogP) is 4.54. The van der Waals surface area contributed by atoms with Crippen LogP contribution in [0.5, 0.6) is 11.8 Å². The van der Waals surface area contributed by atoms with E-state index < -0.39 is 6.10 Å². The fourth-order valence-electron chi connectivity index (χ4n) is 3.54. The second kappa shape index (κ2) is 8.06. The van der Waals surface area contributed by atoms with Gasteiger partial charge >= 0.3 is 0 Å². The summed E-state index contributed by atoms with van der Waals surface area (Å²) in [4.78, 5) is 9.11. The van der Waals surface area contributed by atoms with E-state index in [0.29, 0.717) is 33.5 Å². The maximum Gasteiger partial charge on any atom is 0.258 e. The third-order valence-corrected chi connectivity index (χ3v) is 5.45. The Hall–Kier alpha value is -2.54. The highest BCUT2D eigenvalue weighted by Gasteiger charge is 2.32. The number of benzene rings is 2. The van der Waals surface area contributed by atoms with Crippen molar-refractivity contribution < 1.29 is 14.6 Å². The Bertz CT molecular complexity index is 1060. The number of aromatic nitrogens is 2. The second-order valence-electron chi connectivity index (χ2n) is 6.66. The van der Waals surface area contributed by atoms with Gasteiger partial charge in [0.2, 0.25) is 5.88 Å². The smallest absolute Gasteiger partial charge is 0.258 e. The van der Waals surface area contributed by atoms with Gasteiger partial charge in [-0.15, -0.1) is 0 Å². The van der Waals surface area contributed by atoms with Crippen molar-refractivity contribution in [3.05, 3.63) is 63.6 Å². The number of halogens is 2. The van der Waals surface area contributed by atoms with Gasteiger partial charge < -0.3 is 19.9 Å². The Morgan fingerprint density at radius 3 is 2.52 bits per heavy atom. The number of nitrogens with one attached hydrogen (secondary N) is 1. The van der Waals surface area contributed by atoms with Crippen LogP contribution in [0.1, 0.15) is 17.2 Å². The lowest BCUT2D eigenvalue weighted by Crippen LogP contribution is -2.22.